The Morgan fingerprint density at radius 2 is 1.61 bits per heavy atom. The maximum atomic E-state index is 14.5. The van der Waals surface area contributed by atoms with Gasteiger partial charge in [-0.3, -0.25) is 14.2 Å². The Hall–Kier alpha value is -3.40. The molecule has 2 aromatic carbocycles. The fourth-order valence-electron chi connectivity index (χ4n) is 4.18. The molecule has 2 aliphatic heterocycles. The van der Waals surface area contributed by atoms with Gasteiger partial charge < -0.3 is 14.2 Å². The van der Waals surface area contributed by atoms with Crippen molar-refractivity contribution in [3.05, 3.63) is 105 Å². The zero-order valence-corrected chi connectivity index (χ0v) is 17.5. The van der Waals surface area contributed by atoms with Crippen LogP contribution in [-0.2, 0) is 14.2 Å². The smallest absolute Gasteiger partial charge is 0.338 e. The van der Waals surface area contributed by atoms with Gasteiger partial charge in [0.1, 0.15) is 6.10 Å². The fourth-order valence-corrected chi connectivity index (χ4v) is 4.18. The van der Waals surface area contributed by atoms with E-state index in [1.54, 1.807) is 18.2 Å². The quantitative estimate of drug-likeness (QED) is 0.606. The standard InChI is InChI=1S/C24H21FN2O6/c25-18-12-26(24(30)27(22(18)29)21(28)15-7-3-1-4-8-15)17-11-19-20(31-13-17)14-32-23(33-19)16-9-5-2-6-10-16/h1-10,12,17,19-20,23H,11,13-14H2/t17-,19-,20+,23?/m0/s1. The molecule has 1 unspecified atom stereocenters. The Kier molecular flexibility index (Phi) is 5.76. The summed E-state index contributed by atoms with van der Waals surface area (Å²) in [5.41, 5.74) is -1.25. The Bertz CT molecular complexity index is 1270. The van der Waals surface area contributed by atoms with Gasteiger partial charge in [-0.25, -0.2) is 4.79 Å². The first kappa shape index (κ1) is 21.4. The number of benzene rings is 2. The number of nitrogens with zero attached hydrogens (tertiary/aromatic N) is 2. The van der Waals surface area contributed by atoms with Crippen molar-refractivity contribution in [1.82, 2.24) is 9.13 Å². The molecule has 5 rings (SSSR count). The minimum absolute atomic E-state index is 0.0843. The lowest BCUT2D eigenvalue weighted by Gasteiger charge is -2.42. The van der Waals surface area contributed by atoms with E-state index in [4.69, 9.17) is 14.2 Å². The molecular formula is C24H21FN2O6. The van der Waals surface area contributed by atoms with Gasteiger partial charge in [0.15, 0.2) is 6.29 Å². The predicted molar refractivity (Wildman–Crippen MR) is 114 cm³/mol. The van der Waals surface area contributed by atoms with Crippen LogP contribution in [0.3, 0.4) is 0 Å². The molecule has 2 saturated heterocycles. The SMILES string of the molecule is O=C(c1ccccc1)n1c(=O)c(F)cn([C@@H]2CO[C@@H]3COC(c4ccccc4)O[C@H]3C2)c1=O. The summed E-state index contributed by atoms with van der Waals surface area (Å²) in [5.74, 6) is -2.09. The minimum Gasteiger partial charge on any atom is -0.371 e. The number of rotatable bonds is 3. The Morgan fingerprint density at radius 3 is 2.33 bits per heavy atom. The van der Waals surface area contributed by atoms with E-state index in [0.29, 0.717) is 17.6 Å². The lowest BCUT2D eigenvalue weighted by Crippen LogP contribution is -2.51. The topological polar surface area (TPSA) is 88.8 Å². The van der Waals surface area contributed by atoms with Gasteiger partial charge in [0, 0.05) is 11.1 Å². The van der Waals surface area contributed by atoms with Crippen molar-refractivity contribution >= 4 is 5.91 Å². The average molecular weight is 452 g/mol. The summed E-state index contributed by atoms with van der Waals surface area (Å²) >= 11 is 0. The molecule has 170 valence electrons. The van der Waals surface area contributed by atoms with Crippen LogP contribution in [0.4, 0.5) is 4.39 Å². The Labute approximate surface area is 187 Å². The first-order valence-electron chi connectivity index (χ1n) is 10.6. The van der Waals surface area contributed by atoms with E-state index in [9.17, 15) is 18.8 Å². The van der Waals surface area contributed by atoms with Crippen LogP contribution < -0.4 is 11.2 Å². The van der Waals surface area contributed by atoms with Crippen LogP contribution in [0.1, 0.15) is 34.7 Å². The van der Waals surface area contributed by atoms with Crippen LogP contribution in [0, 0.1) is 5.82 Å². The number of carbonyl (C=O) groups is 1. The van der Waals surface area contributed by atoms with E-state index in [0.717, 1.165) is 16.3 Å². The molecule has 0 amide bonds. The second-order valence-electron chi connectivity index (χ2n) is 7.99. The predicted octanol–water partition coefficient (Wildman–Crippen LogP) is 2.28. The average Bonchev–Trinajstić information content (AvgIpc) is 2.86. The molecule has 0 spiro atoms. The lowest BCUT2D eigenvalue weighted by molar-refractivity contribution is -0.282. The molecule has 3 heterocycles. The lowest BCUT2D eigenvalue weighted by atomic mass is 10.0. The highest BCUT2D eigenvalue weighted by atomic mass is 19.1. The van der Waals surface area contributed by atoms with Gasteiger partial charge in [-0.15, -0.1) is 0 Å². The number of hydrogen-bond donors (Lipinski definition) is 0. The summed E-state index contributed by atoms with van der Waals surface area (Å²) in [5, 5.41) is 0. The molecule has 0 saturated carbocycles. The maximum absolute atomic E-state index is 14.5. The zero-order chi connectivity index (χ0) is 22.9. The van der Waals surface area contributed by atoms with E-state index >= 15 is 0 Å². The van der Waals surface area contributed by atoms with Gasteiger partial charge in [0.2, 0.25) is 5.82 Å². The molecule has 1 aromatic heterocycles. The van der Waals surface area contributed by atoms with Crippen molar-refractivity contribution in [2.75, 3.05) is 13.2 Å². The van der Waals surface area contributed by atoms with E-state index < -0.39 is 41.4 Å². The van der Waals surface area contributed by atoms with Crippen molar-refractivity contribution in [2.24, 2.45) is 0 Å². The monoisotopic (exact) mass is 452 g/mol. The number of carbonyl (C=O) groups excluding carboxylic acids is 1. The number of aromatic nitrogens is 2. The number of fused-ring (bicyclic) bond motifs is 1. The summed E-state index contributed by atoms with van der Waals surface area (Å²) in [6, 6.07) is 16.6. The highest BCUT2D eigenvalue weighted by Gasteiger charge is 2.40. The third-order valence-corrected chi connectivity index (χ3v) is 5.89. The summed E-state index contributed by atoms with van der Waals surface area (Å²) in [6.07, 6.45) is -0.172. The molecule has 33 heavy (non-hydrogen) atoms. The fraction of sp³-hybridized carbons (Fsp3) is 0.292. The summed E-state index contributed by atoms with van der Waals surface area (Å²) < 4.78 is 33.6. The van der Waals surface area contributed by atoms with Crippen molar-refractivity contribution in [3.63, 3.8) is 0 Å². The second-order valence-corrected chi connectivity index (χ2v) is 7.99. The van der Waals surface area contributed by atoms with Crippen LogP contribution in [0.15, 0.2) is 76.4 Å². The third-order valence-electron chi connectivity index (χ3n) is 5.89. The Morgan fingerprint density at radius 1 is 0.909 bits per heavy atom. The van der Waals surface area contributed by atoms with Crippen LogP contribution in [0.2, 0.25) is 0 Å². The molecule has 2 aliphatic rings. The number of hydrogen-bond acceptors (Lipinski definition) is 6. The van der Waals surface area contributed by atoms with Gasteiger partial charge >= 0.3 is 5.69 Å². The molecule has 3 aromatic rings. The van der Waals surface area contributed by atoms with Gasteiger partial charge in [0.25, 0.3) is 11.5 Å². The first-order chi connectivity index (χ1) is 16.0. The zero-order valence-electron chi connectivity index (χ0n) is 17.5. The van der Waals surface area contributed by atoms with Gasteiger partial charge in [-0.2, -0.15) is 8.96 Å². The van der Waals surface area contributed by atoms with Gasteiger partial charge in [-0.1, -0.05) is 48.5 Å². The summed E-state index contributed by atoms with van der Waals surface area (Å²) in [4.78, 5) is 38.3. The van der Waals surface area contributed by atoms with E-state index in [1.165, 1.54) is 12.1 Å². The summed E-state index contributed by atoms with van der Waals surface area (Å²) in [6.45, 7) is 0.396. The number of halogens is 1. The molecule has 0 bridgehead atoms. The highest BCUT2D eigenvalue weighted by Crippen LogP contribution is 2.34. The summed E-state index contributed by atoms with van der Waals surface area (Å²) in [7, 11) is 0. The van der Waals surface area contributed by atoms with Crippen LogP contribution in [0.5, 0.6) is 0 Å². The van der Waals surface area contributed by atoms with E-state index in [1.807, 2.05) is 30.3 Å². The van der Waals surface area contributed by atoms with Crippen molar-refractivity contribution in [2.45, 2.75) is 31.0 Å². The molecule has 4 atom stereocenters. The third kappa shape index (κ3) is 4.06. The molecule has 0 aliphatic carbocycles. The van der Waals surface area contributed by atoms with E-state index in [-0.39, 0.29) is 18.3 Å². The van der Waals surface area contributed by atoms with Crippen LogP contribution in [0.25, 0.3) is 0 Å². The molecular weight excluding hydrogens is 431 g/mol. The van der Waals surface area contributed by atoms with Crippen molar-refractivity contribution in [3.8, 4) is 0 Å². The van der Waals surface area contributed by atoms with Crippen LogP contribution >= 0.6 is 0 Å². The number of ether oxygens (including phenoxy) is 3. The minimum atomic E-state index is -1.29. The van der Waals surface area contributed by atoms with Crippen LogP contribution in [-0.4, -0.2) is 40.5 Å². The highest BCUT2D eigenvalue weighted by molar-refractivity contribution is 5.95. The largest absolute Gasteiger partial charge is 0.371 e. The molecule has 8 nitrogen and oxygen atoms in total. The molecule has 2 fully saturated rings. The first-order valence-corrected chi connectivity index (χ1v) is 10.6. The van der Waals surface area contributed by atoms with E-state index in [2.05, 4.69) is 0 Å². The van der Waals surface area contributed by atoms with Gasteiger partial charge in [-0.05, 0) is 18.6 Å². The Balaban J connectivity index is 1.44. The molecule has 9 heteroatoms. The maximum Gasteiger partial charge on any atom is 0.338 e. The van der Waals surface area contributed by atoms with Gasteiger partial charge in [0.05, 0.1) is 31.6 Å². The molecule has 0 N–H and O–H groups in total. The molecule has 0 radical (unpaired) electrons. The normalized spacial score (nSPS) is 24.8. The van der Waals surface area contributed by atoms with Crippen molar-refractivity contribution < 1.29 is 23.4 Å². The second kappa shape index (κ2) is 8.86. The van der Waals surface area contributed by atoms with Crippen molar-refractivity contribution in [1.29, 1.82) is 0 Å².